The number of hydrogen-bond acceptors (Lipinski definition) is 2. The maximum absolute atomic E-state index is 14.1. The zero-order valence-electron chi connectivity index (χ0n) is 23.6. The molecule has 1 radical (unpaired) electrons. The van der Waals surface area contributed by atoms with Crippen molar-refractivity contribution in [2.75, 3.05) is 0 Å². The summed E-state index contributed by atoms with van der Waals surface area (Å²) in [4.78, 5) is 4.84. The summed E-state index contributed by atoms with van der Waals surface area (Å²) in [6, 6.07) is 39.4. The normalized spacial score (nSPS) is 16.5. The molecular formula is C37H38IrNOP-2. The van der Waals surface area contributed by atoms with E-state index in [0.717, 1.165) is 22.1 Å². The SMILES string of the molecule is O=P(c1[c-]cccc1)(C1CCCCC1)C1CCCCC1.[Ir].[c-]1ccccc1-c1nc2ccccc2c2ccccc12. The van der Waals surface area contributed by atoms with Crippen LogP contribution in [-0.2, 0) is 24.7 Å². The zero-order valence-corrected chi connectivity index (χ0v) is 26.9. The zero-order chi connectivity index (χ0) is 27.2. The van der Waals surface area contributed by atoms with E-state index in [9.17, 15) is 4.57 Å². The Bertz CT molecular complexity index is 1570. The minimum atomic E-state index is -2.28. The molecule has 0 saturated heterocycles. The predicted molar refractivity (Wildman–Crippen MR) is 170 cm³/mol. The van der Waals surface area contributed by atoms with E-state index in [0.29, 0.717) is 11.3 Å². The van der Waals surface area contributed by atoms with Crippen LogP contribution >= 0.6 is 7.14 Å². The van der Waals surface area contributed by atoms with Crippen LogP contribution in [0.25, 0.3) is 32.9 Å². The van der Waals surface area contributed by atoms with E-state index in [2.05, 4.69) is 66.7 Å². The summed E-state index contributed by atoms with van der Waals surface area (Å²) < 4.78 is 14.1. The Hall–Kier alpha value is -2.57. The van der Waals surface area contributed by atoms with Gasteiger partial charge in [-0.05, 0) is 48.2 Å². The summed E-state index contributed by atoms with van der Waals surface area (Å²) in [5.74, 6) is 0. The molecule has 0 unspecified atom stereocenters. The Balaban J connectivity index is 0.000000161. The van der Waals surface area contributed by atoms with Gasteiger partial charge in [-0.15, -0.1) is 41.2 Å². The molecule has 0 bridgehead atoms. The molecule has 41 heavy (non-hydrogen) atoms. The quantitative estimate of drug-likeness (QED) is 0.105. The molecule has 0 aliphatic heterocycles. The van der Waals surface area contributed by atoms with E-state index in [1.54, 1.807) is 0 Å². The Labute approximate surface area is 258 Å². The first kappa shape index (κ1) is 29.9. The first-order valence-corrected chi connectivity index (χ1v) is 16.9. The van der Waals surface area contributed by atoms with Crippen molar-refractivity contribution in [3.05, 3.63) is 109 Å². The fraction of sp³-hybridized carbons (Fsp3) is 0.324. The molecule has 7 rings (SSSR count). The summed E-state index contributed by atoms with van der Waals surface area (Å²) in [5.41, 5.74) is 3.95. The molecule has 2 aliphatic carbocycles. The molecule has 0 spiro atoms. The van der Waals surface area contributed by atoms with Crippen LogP contribution in [0.3, 0.4) is 0 Å². The van der Waals surface area contributed by atoms with Crippen molar-refractivity contribution >= 4 is 34.1 Å². The van der Waals surface area contributed by atoms with E-state index in [-0.39, 0.29) is 20.1 Å². The smallest absolute Gasteiger partial charge is 0.0978 e. The number of rotatable bonds is 4. The van der Waals surface area contributed by atoms with Crippen molar-refractivity contribution in [1.29, 1.82) is 0 Å². The van der Waals surface area contributed by atoms with E-state index in [4.69, 9.17) is 4.98 Å². The van der Waals surface area contributed by atoms with Gasteiger partial charge in [0.1, 0.15) is 0 Å². The molecule has 2 saturated carbocycles. The van der Waals surface area contributed by atoms with Crippen molar-refractivity contribution < 1.29 is 24.7 Å². The van der Waals surface area contributed by atoms with Gasteiger partial charge < -0.3 is 4.57 Å². The Morgan fingerprint density at radius 2 is 1.12 bits per heavy atom. The molecule has 5 aromatic rings. The number of benzene rings is 4. The summed E-state index contributed by atoms with van der Waals surface area (Å²) >= 11 is 0. The fourth-order valence-corrected chi connectivity index (χ4v) is 11.1. The van der Waals surface area contributed by atoms with Crippen LogP contribution in [0.4, 0.5) is 0 Å². The molecule has 0 N–H and O–H groups in total. The summed E-state index contributed by atoms with van der Waals surface area (Å²) in [6.45, 7) is 0. The van der Waals surface area contributed by atoms with Crippen LogP contribution in [0, 0.1) is 12.1 Å². The van der Waals surface area contributed by atoms with Crippen LogP contribution in [0.5, 0.6) is 0 Å². The van der Waals surface area contributed by atoms with Gasteiger partial charge in [-0.1, -0.05) is 81.0 Å². The van der Waals surface area contributed by atoms with E-state index in [1.807, 2.05) is 42.5 Å². The van der Waals surface area contributed by atoms with Gasteiger partial charge >= 0.3 is 0 Å². The third-order valence-electron chi connectivity index (χ3n) is 8.88. The molecule has 4 aromatic carbocycles. The second-order valence-corrected chi connectivity index (χ2v) is 14.7. The second kappa shape index (κ2) is 14.1. The molecule has 2 fully saturated rings. The second-order valence-electron chi connectivity index (χ2n) is 11.3. The van der Waals surface area contributed by atoms with Crippen LogP contribution in [0.15, 0.2) is 97.1 Å². The Morgan fingerprint density at radius 3 is 1.71 bits per heavy atom. The standard InChI is InChI=1S/C19H12N.C18H26OP.Ir/c1-2-8-14(9-3-1)19-17-12-5-4-10-15(17)16-11-6-7-13-18(16)20-19;19-20(16-10-4-1-5-11-16,17-12-6-2-7-13-17)18-14-8-3-9-15-18;/h1-8,10-13H;1,4-5,10,17-18H,2-3,6-9,12-15H2;/q2*-1;. The van der Waals surface area contributed by atoms with Gasteiger partial charge in [0.25, 0.3) is 0 Å². The van der Waals surface area contributed by atoms with Crippen LogP contribution < -0.4 is 5.30 Å². The van der Waals surface area contributed by atoms with Crippen LogP contribution in [-0.4, -0.2) is 16.3 Å². The maximum Gasteiger partial charge on any atom is 0.0978 e. The van der Waals surface area contributed by atoms with Gasteiger partial charge in [-0.2, -0.15) is 30.3 Å². The average Bonchev–Trinajstić information content (AvgIpc) is 3.06. The molecule has 2 nitrogen and oxygen atoms in total. The first-order chi connectivity index (χ1) is 19.7. The van der Waals surface area contributed by atoms with Gasteiger partial charge in [0.05, 0.1) is 12.7 Å². The van der Waals surface area contributed by atoms with Gasteiger partial charge in [0.15, 0.2) is 0 Å². The van der Waals surface area contributed by atoms with Crippen LogP contribution in [0.1, 0.15) is 64.2 Å². The molecular weight excluding hydrogens is 698 g/mol. The largest absolute Gasteiger partial charge is 0.320 e. The average molecular weight is 736 g/mol. The topological polar surface area (TPSA) is 30.0 Å². The third kappa shape index (κ3) is 6.44. The van der Waals surface area contributed by atoms with Gasteiger partial charge in [-0.25, -0.2) is 0 Å². The van der Waals surface area contributed by atoms with E-state index >= 15 is 0 Å². The number of fused-ring (bicyclic) bond motifs is 3. The molecule has 213 valence electrons. The molecule has 0 atom stereocenters. The monoisotopic (exact) mass is 736 g/mol. The number of pyridine rings is 1. The Morgan fingerprint density at radius 1 is 0.585 bits per heavy atom. The summed E-state index contributed by atoms with van der Waals surface area (Å²) in [5, 5.41) is 4.67. The summed E-state index contributed by atoms with van der Waals surface area (Å²) in [7, 11) is -2.28. The van der Waals surface area contributed by atoms with Gasteiger partial charge in [-0.3, -0.25) is 4.98 Å². The van der Waals surface area contributed by atoms with Crippen molar-refractivity contribution in [3.63, 3.8) is 0 Å². The molecule has 2 aliphatic rings. The number of aromatic nitrogens is 1. The van der Waals surface area contributed by atoms with Gasteiger partial charge in [0.2, 0.25) is 0 Å². The van der Waals surface area contributed by atoms with Gasteiger partial charge in [0, 0.05) is 36.8 Å². The minimum absolute atomic E-state index is 0. The molecule has 1 aromatic heterocycles. The third-order valence-corrected chi connectivity index (χ3v) is 13.1. The molecule has 4 heteroatoms. The number of para-hydroxylation sites is 1. The minimum Gasteiger partial charge on any atom is -0.320 e. The van der Waals surface area contributed by atoms with Crippen molar-refractivity contribution in [1.82, 2.24) is 4.98 Å². The van der Waals surface area contributed by atoms with Crippen molar-refractivity contribution in [2.45, 2.75) is 75.5 Å². The number of nitrogens with zero attached hydrogens (tertiary/aromatic N) is 1. The number of hydrogen-bond donors (Lipinski definition) is 0. The van der Waals surface area contributed by atoms with Crippen molar-refractivity contribution in [3.8, 4) is 11.3 Å². The van der Waals surface area contributed by atoms with Crippen molar-refractivity contribution in [2.24, 2.45) is 0 Å². The fourth-order valence-electron chi connectivity index (χ4n) is 6.87. The van der Waals surface area contributed by atoms with E-state index in [1.165, 1.54) is 80.4 Å². The van der Waals surface area contributed by atoms with Crippen LogP contribution in [0.2, 0.25) is 0 Å². The first-order valence-electron chi connectivity index (χ1n) is 15.1. The predicted octanol–water partition coefficient (Wildman–Crippen LogP) is 9.99. The van der Waals surface area contributed by atoms with E-state index < -0.39 is 7.14 Å². The molecule has 0 amide bonds. The molecule has 1 heterocycles. The maximum atomic E-state index is 14.1. The Kier molecular flexibility index (Phi) is 10.3. The summed E-state index contributed by atoms with van der Waals surface area (Å²) in [6.07, 6.45) is 12.5.